The van der Waals surface area contributed by atoms with E-state index in [-0.39, 0.29) is 6.04 Å². The van der Waals surface area contributed by atoms with Crippen LogP contribution in [0.15, 0.2) is 30.5 Å². The first-order valence-corrected chi connectivity index (χ1v) is 4.85. The number of rotatable bonds is 2. The van der Waals surface area contributed by atoms with E-state index < -0.39 is 0 Å². The maximum absolute atomic E-state index is 6.11. The Bertz CT molecular complexity index is 461. The van der Waals surface area contributed by atoms with Gasteiger partial charge in [0.25, 0.3) is 0 Å². The fraction of sp³-hybridized carbons (Fsp3) is 0.273. The third kappa shape index (κ3) is 1.89. The zero-order chi connectivity index (χ0) is 10.8. The number of hydrogen-bond donors (Lipinski definition) is 1. The molecule has 0 amide bonds. The molecule has 15 heavy (non-hydrogen) atoms. The van der Waals surface area contributed by atoms with E-state index in [4.69, 9.17) is 5.73 Å². The number of nitrogens with two attached hydrogens (primary N) is 1. The first kappa shape index (κ1) is 9.86. The highest BCUT2D eigenvalue weighted by atomic mass is 15.3. The second-order valence-corrected chi connectivity index (χ2v) is 3.56. The molecular formula is C11H14N4. The van der Waals surface area contributed by atoms with Crippen molar-refractivity contribution in [1.29, 1.82) is 0 Å². The molecule has 0 aliphatic carbocycles. The molecular weight excluding hydrogens is 188 g/mol. The summed E-state index contributed by atoms with van der Waals surface area (Å²) in [5, 5.41) is 4.09. The van der Waals surface area contributed by atoms with Crippen molar-refractivity contribution in [1.82, 2.24) is 14.8 Å². The van der Waals surface area contributed by atoms with Crippen molar-refractivity contribution in [3.05, 3.63) is 47.5 Å². The monoisotopic (exact) mass is 202 g/mol. The largest absolute Gasteiger partial charge is 0.318 e. The maximum atomic E-state index is 6.11. The molecule has 0 aromatic carbocycles. The molecule has 0 saturated heterocycles. The van der Waals surface area contributed by atoms with E-state index in [2.05, 4.69) is 10.1 Å². The summed E-state index contributed by atoms with van der Waals surface area (Å²) in [6, 6.07) is 7.56. The molecule has 0 radical (unpaired) electrons. The molecule has 2 heterocycles. The summed E-state index contributed by atoms with van der Waals surface area (Å²) in [5.74, 6) is 0. The van der Waals surface area contributed by atoms with Crippen molar-refractivity contribution in [2.24, 2.45) is 12.8 Å². The molecule has 0 spiro atoms. The van der Waals surface area contributed by atoms with Gasteiger partial charge in [-0.3, -0.25) is 9.67 Å². The van der Waals surface area contributed by atoms with E-state index in [1.807, 2.05) is 38.2 Å². The average molecular weight is 202 g/mol. The average Bonchev–Trinajstić information content (AvgIpc) is 2.63. The van der Waals surface area contributed by atoms with Crippen LogP contribution in [0.1, 0.15) is 23.1 Å². The molecule has 4 nitrogen and oxygen atoms in total. The van der Waals surface area contributed by atoms with Gasteiger partial charge in [0.15, 0.2) is 0 Å². The van der Waals surface area contributed by atoms with Crippen LogP contribution in [-0.4, -0.2) is 14.8 Å². The van der Waals surface area contributed by atoms with E-state index in [1.54, 1.807) is 10.9 Å². The fourth-order valence-electron chi connectivity index (χ4n) is 1.58. The van der Waals surface area contributed by atoms with Crippen LogP contribution >= 0.6 is 0 Å². The van der Waals surface area contributed by atoms with Crippen molar-refractivity contribution >= 4 is 0 Å². The second-order valence-electron chi connectivity index (χ2n) is 3.56. The summed E-state index contributed by atoms with van der Waals surface area (Å²) < 4.78 is 1.77. The Labute approximate surface area is 88.8 Å². The minimum absolute atomic E-state index is 0.211. The standard InChI is InChI=1S/C11H14N4/c1-8-4-3-5-9(14-8)11(12)10-6-7-13-15(10)2/h3-7,11H,12H2,1-2H3. The van der Waals surface area contributed by atoms with E-state index in [0.717, 1.165) is 17.1 Å². The van der Waals surface area contributed by atoms with Gasteiger partial charge in [0.1, 0.15) is 0 Å². The lowest BCUT2D eigenvalue weighted by Gasteiger charge is -2.11. The van der Waals surface area contributed by atoms with Crippen molar-refractivity contribution in [2.75, 3.05) is 0 Å². The maximum Gasteiger partial charge on any atom is 0.0896 e. The molecule has 2 aromatic rings. The number of aromatic nitrogens is 3. The van der Waals surface area contributed by atoms with Gasteiger partial charge in [-0.25, -0.2) is 0 Å². The molecule has 1 unspecified atom stereocenters. The van der Waals surface area contributed by atoms with Gasteiger partial charge in [0.05, 0.1) is 17.4 Å². The quantitative estimate of drug-likeness (QED) is 0.795. The Hall–Kier alpha value is -1.68. The highest BCUT2D eigenvalue weighted by Crippen LogP contribution is 2.16. The van der Waals surface area contributed by atoms with Gasteiger partial charge in [-0.15, -0.1) is 0 Å². The molecule has 2 rings (SSSR count). The SMILES string of the molecule is Cc1cccc(C(N)c2ccnn2C)n1. The zero-order valence-electron chi connectivity index (χ0n) is 8.88. The molecule has 2 aromatic heterocycles. The van der Waals surface area contributed by atoms with Gasteiger partial charge in [-0.2, -0.15) is 5.10 Å². The molecule has 2 N–H and O–H groups in total. The molecule has 0 saturated carbocycles. The van der Waals surface area contributed by atoms with Gasteiger partial charge in [0.2, 0.25) is 0 Å². The summed E-state index contributed by atoms with van der Waals surface area (Å²) >= 11 is 0. The predicted octanol–water partition coefficient (Wildman–Crippen LogP) is 1.17. The van der Waals surface area contributed by atoms with E-state index >= 15 is 0 Å². The molecule has 78 valence electrons. The highest BCUT2D eigenvalue weighted by Gasteiger charge is 2.13. The van der Waals surface area contributed by atoms with Crippen molar-refractivity contribution in [2.45, 2.75) is 13.0 Å². The van der Waals surface area contributed by atoms with Crippen LogP contribution in [0, 0.1) is 6.92 Å². The zero-order valence-corrected chi connectivity index (χ0v) is 8.88. The summed E-state index contributed by atoms with van der Waals surface area (Å²) in [6.07, 6.45) is 1.74. The van der Waals surface area contributed by atoms with E-state index in [1.165, 1.54) is 0 Å². The Morgan fingerprint density at radius 3 is 2.73 bits per heavy atom. The highest BCUT2D eigenvalue weighted by molar-refractivity contribution is 5.22. The minimum atomic E-state index is -0.211. The Morgan fingerprint density at radius 1 is 1.33 bits per heavy atom. The summed E-state index contributed by atoms with van der Waals surface area (Å²) in [6.45, 7) is 1.96. The van der Waals surface area contributed by atoms with Gasteiger partial charge >= 0.3 is 0 Å². The lowest BCUT2D eigenvalue weighted by Crippen LogP contribution is -2.17. The third-order valence-electron chi connectivity index (χ3n) is 2.41. The van der Waals surface area contributed by atoms with Crippen LogP contribution in [0.5, 0.6) is 0 Å². The first-order valence-electron chi connectivity index (χ1n) is 4.85. The minimum Gasteiger partial charge on any atom is -0.318 e. The van der Waals surface area contributed by atoms with Crippen LogP contribution in [-0.2, 0) is 7.05 Å². The van der Waals surface area contributed by atoms with Crippen molar-refractivity contribution < 1.29 is 0 Å². The number of aryl methyl sites for hydroxylation is 2. The van der Waals surface area contributed by atoms with Crippen LogP contribution < -0.4 is 5.73 Å². The van der Waals surface area contributed by atoms with Gasteiger partial charge in [-0.1, -0.05) is 6.07 Å². The van der Waals surface area contributed by atoms with Crippen LogP contribution in [0.4, 0.5) is 0 Å². The fourth-order valence-corrected chi connectivity index (χ4v) is 1.58. The predicted molar refractivity (Wildman–Crippen MR) is 58.2 cm³/mol. The third-order valence-corrected chi connectivity index (χ3v) is 2.41. The second kappa shape index (κ2) is 3.82. The van der Waals surface area contributed by atoms with Gasteiger partial charge < -0.3 is 5.73 Å². The van der Waals surface area contributed by atoms with Crippen molar-refractivity contribution in [3.8, 4) is 0 Å². The molecule has 0 bridgehead atoms. The number of pyridine rings is 1. The number of hydrogen-bond acceptors (Lipinski definition) is 3. The smallest absolute Gasteiger partial charge is 0.0896 e. The van der Waals surface area contributed by atoms with E-state index in [0.29, 0.717) is 0 Å². The summed E-state index contributed by atoms with van der Waals surface area (Å²) in [5.41, 5.74) is 8.92. The van der Waals surface area contributed by atoms with Crippen molar-refractivity contribution in [3.63, 3.8) is 0 Å². The summed E-state index contributed by atoms with van der Waals surface area (Å²) in [4.78, 5) is 4.40. The lowest BCUT2D eigenvalue weighted by molar-refractivity contribution is 0.663. The molecule has 1 atom stereocenters. The Morgan fingerprint density at radius 2 is 2.13 bits per heavy atom. The van der Waals surface area contributed by atoms with Crippen LogP contribution in [0.3, 0.4) is 0 Å². The van der Waals surface area contributed by atoms with E-state index in [9.17, 15) is 0 Å². The topological polar surface area (TPSA) is 56.7 Å². The van der Waals surface area contributed by atoms with Gasteiger partial charge in [-0.05, 0) is 25.1 Å². The Kier molecular flexibility index (Phi) is 2.51. The van der Waals surface area contributed by atoms with Gasteiger partial charge in [0, 0.05) is 18.9 Å². The normalized spacial score (nSPS) is 12.7. The van der Waals surface area contributed by atoms with Crippen LogP contribution in [0.25, 0.3) is 0 Å². The lowest BCUT2D eigenvalue weighted by atomic mass is 10.1. The Balaban J connectivity index is 2.36. The molecule has 0 fully saturated rings. The first-order chi connectivity index (χ1) is 7.18. The van der Waals surface area contributed by atoms with Crippen LogP contribution in [0.2, 0.25) is 0 Å². The molecule has 4 heteroatoms. The molecule has 0 aliphatic rings. The number of nitrogens with zero attached hydrogens (tertiary/aromatic N) is 3. The molecule has 0 aliphatic heterocycles. The summed E-state index contributed by atoms with van der Waals surface area (Å²) in [7, 11) is 1.88.